The van der Waals surface area contributed by atoms with E-state index in [0.29, 0.717) is 22.6 Å². The summed E-state index contributed by atoms with van der Waals surface area (Å²) in [7, 11) is 5.22. The Bertz CT molecular complexity index is 419. The third-order valence-corrected chi connectivity index (χ3v) is 3.75. The number of rotatable bonds is 6. The summed E-state index contributed by atoms with van der Waals surface area (Å²) in [5.41, 5.74) is 1.16. The van der Waals surface area contributed by atoms with E-state index in [1.807, 2.05) is 19.2 Å². The molecule has 0 aliphatic heterocycles. The molecule has 1 aliphatic rings. The summed E-state index contributed by atoms with van der Waals surface area (Å²) in [6.45, 7) is 0. The number of halogens is 1. The van der Waals surface area contributed by atoms with Gasteiger partial charge in [-0.25, -0.2) is 0 Å². The highest BCUT2D eigenvalue weighted by Crippen LogP contribution is 2.41. The van der Waals surface area contributed by atoms with E-state index in [2.05, 4.69) is 5.32 Å². The van der Waals surface area contributed by atoms with Gasteiger partial charge in [0.05, 0.1) is 19.2 Å². The SMILES string of the molecule is CNC(CC1CC1)c1cc(Cl)c(OC)c(OC)c1. The van der Waals surface area contributed by atoms with Crippen molar-refractivity contribution in [3.8, 4) is 11.5 Å². The first-order chi connectivity index (χ1) is 8.69. The number of hydrogen-bond donors (Lipinski definition) is 1. The Balaban J connectivity index is 2.28. The first-order valence-corrected chi connectivity index (χ1v) is 6.66. The van der Waals surface area contributed by atoms with Gasteiger partial charge in [0.25, 0.3) is 0 Å². The molecule has 0 amide bonds. The van der Waals surface area contributed by atoms with Gasteiger partial charge >= 0.3 is 0 Å². The van der Waals surface area contributed by atoms with Crippen molar-refractivity contribution in [2.24, 2.45) is 5.92 Å². The molecule has 1 atom stereocenters. The van der Waals surface area contributed by atoms with Gasteiger partial charge in [-0.15, -0.1) is 0 Å². The van der Waals surface area contributed by atoms with Crippen molar-refractivity contribution in [3.05, 3.63) is 22.7 Å². The second-order valence-electron chi connectivity index (χ2n) is 4.76. The molecule has 0 bridgehead atoms. The minimum atomic E-state index is 0.329. The third kappa shape index (κ3) is 2.90. The lowest BCUT2D eigenvalue weighted by atomic mass is 10.0. The lowest BCUT2D eigenvalue weighted by molar-refractivity contribution is 0.354. The first-order valence-electron chi connectivity index (χ1n) is 6.28. The molecule has 0 aromatic heterocycles. The first kappa shape index (κ1) is 13.5. The summed E-state index contributed by atoms with van der Waals surface area (Å²) in [4.78, 5) is 0. The van der Waals surface area contributed by atoms with Crippen LogP contribution < -0.4 is 14.8 Å². The molecule has 18 heavy (non-hydrogen) atoms. The Kier molecular flexibility index (Phi) is 4.36. The Hall–Kier alpha value is -0.930. The van der Waals surface area contributed by atoms with Crippen molar-refractivity contribution in [1.29, 1.82) is 0 Å². The van der Waals surface area contributed by atoms with Crippen molar-refractivity contribution in [1.82, 2.24) is 5.32 Å². The van der Waals surface area contributed by atoms with Gasteiger partial charge in [-0.3, -0.25) is 0 Å². The van der Waals surface area contributed by atoms with Crippen LogP contribution >= 0.6 is 11.6 Å². The number of methoxy groups -OCH3 is 2. The van der Waals surface area contributed by atoms with Crippen LogP contribution in [0.4, 0.5) is 0 Å². The lowest BCUT2D eigenvalue weighted by Gasteiger charge is -2.19. The quantitative estimate of drug-likeness (QED) is 0.858. The Labute approximate surface area is 113 Å². The van der Waals surface area contributed by atoms with Crippen molar-refractivity contribution in [3.63, 3.8) is 0 Å². The van der Waals surface area contributed by atoms with Gasteiger partial charge in [0, 0.05) is 6.04 Å². The van der Waals surface area contributed by atoms with E-state index in [4.69, 9.17) is 21.1 Å². The van der Waals surface area contributed by atoms with Crippen molar-refractivity contribution in [2.75, 3.05) is 21.3 Å². The molecule has 1 unspecified atom stereocenters. The van der Waals surface area contributed by atoms with Crippen LogP contribution in [0.5, 0.6) is 11.5 Å². The molecular weight excluding hydrogens is 250 g/mol. The van der Waals surface area contributed by atoms with Crippen LogP contribution in [0.1, 0.15) is 30.9 Å². The molecule has 1 aliphatic carbocycles. The number of hydrogen-bond acceptors (Lipinski definition) is 3. The normalized spacial score (nSPS) is 16.4. The van der Waals surface area contributed by atoms with E-state index >= 15 is 0 Å². The maximum atomic E-state index is 6.23. The van der Waals surface area contributed by atoms with Gasteiger partial charge in [0.1, 0.15) is 0 Å². The molecule has 0 radical (unpaired) electrons. The summed E-state index contributed by atoms with van der Waals surface area (Å²) in [5.74, 6) is 2.15. The van der Waals surface area contributed by atoms with Crippen LogP contribution in [0.25, 0.3) is 0 Å². The molecule has 1 fully saturated rings. The monoisotopic (exact) mass is 269 g/mol. The van der Waals surface area contributed by atoms with E-state index in [9.17, 15) is 0 Å². The van der Waals surface area contributed by atoms with Gasteiger partial charge in [0.2, 0.25) is 0 Å². The van der Waals surface area contributed by atoms with E-state index in [0.717, 1.165) is 17.9 Å². The van der Waals surface area contributed by atoms with Crippen LogP contribution in [-0.4, -0.2) is 21.3 Å². The molecule has 0 spiro atoms. The van der Waals surface area contributed by atoms with Gasteiger partial charge in [-0.1, -0.05) is 24.4 Å². The smallest absolute Gasteiger partial charge is 0.179 e. The molecule has 0 heterocycles. The fourth-order valence-electron chi connectivity index (χ4n) is 2.25. The highest BCUT2D eigenvalue weighted by Gasteiger charge is 2.26. The Morgan fingerprint density at radius 2 is 2.06 bits per heavy atom. The molecule has 1 N–H and O–H groups in total. The predicted octanol–water partition coefficient (Wildman–Crippen LogP) is 3.42. The minimum Gasteiger partial charge on any atom is -0.493 e. The second kappa shape index (κ2) is 5.81. The summed E-state index contributed by atoms with van der Waals surface area (Å²) in [6.07, 6.45) is 3.85. The number of nitrogens with one attached hydrogen (secondary N) is 1. The van der Waals surface area contributed by atoms with Gasteiger partial charge in [0.15, 0.2) is 11.5 Å². The van der Waals surface area contributed by atoms with Crippen molar-refractivity contribution < 1.29 is 9.47 Å². The Morgan fingerprint density at radius 1 is 1.33 bits per heavy atom. The molecule has 3 nitrogen and oxygen atoms in total. The molecule has 2 rings (SSSR count). The van der Waals surface area contributed by atoms with Gasteiger partial charge in [-0.2, -0.15) is 0 Å². The molecule has 1 saturated carbocycles. The second-order valence-corrected chi connectivity index (χ2v) is 5.17. The zero-order valence-corrected chi connectivity index (χ0v) is 11.9. The standard InChI is InChI=1S/C14H20ClNO2/c1-16-12(6-9-4-5-9)10-7-11(15)14(18-3)13(8-10)17-2/h7-9,12,16H,4-6H2,1-3H3. The van der Waals surface area contributed by atoms with Crippen LogP contribution in [0.2, 0.25) is 5.02 Å². The van der Waals surface area contributed by atoms with Crippen LogP contribution in [-0.2, 0) is 0 Å². The highest BCUT2D eigenvalue weighted by atomic mass is 35.5. The maximum Gasteiger partial charge on any atom is 0.179 e. The fourth-order valence-corrected chi connectivity index (χ4v) is 2.54. The molecule has 1 aromatic carbocycles. The van der Waals surface area contributed by atoms with Crippen molar-refractivity contribution in [2.45, 2.75) is 25.3 Å². The molecule has 4 heteroatoms. The third-order valence-electron chi connectivity index (χ3n) is 3.47. The average molecular weight is 270 g/mol. The van der Waals surface area contributed by atoms with Gasteiger partial charge in [-0.05, 0) is 37.1 Å². The zero-order chi connectivity index (χ0) is 13.1. The Morgan fingerprint density at radius 3 is 2.56 bits per heavy atom. The number of benzene rings is 1. The van der Waals surface area contributed by atoms with Crippen LogP contribution in [0.3, 0.4) is 0 Å². The topological polar surface area (TPSA) is 30.5 Å². The molecule has 1 aromatic rings. The fraction of sp³-hybridized carbons (Fsp3) is 0.571. The van der Waals surface area contributed by atoms with Crippen LogP contribution in [0, 0.1) is 5.92 Å². The van der Waals surface area contributed by atoms with E-state index in [-0.39, 0.29) is 0 Å². The van der Waals surface area contributed by atoms with Crippen LogP contribution in [0.15, 0.2) is 12.1 Å². The zero-order valence-electron chi connectivity index (χ0n) is 11.1. The minimum absolute atomic E-state index is 0.329. The van der Waals surface area contributed by atoms with E-state index in [1.54, 1.807) is 14.2 Å². The molecular formula is C14H20ClNO2. The number of ether oxygens (including phenoxy) is 2. The predicted molar refractivity (Wildman–Crippen MR) is 73.7 cm³/mol. The summed E-state index contributed by atoms with van der Waals surface area (Å²) in [5, 5.41) is 3.95. The van der Waals surface area contributed by atoms with E-state index in [1.165, 1.54) is 12.8 Å². The lowest BCUT2D eigenvalue weighted by Crippen LogP contribution is -2.17. The molecule has 0 saturated heterocycles. The van der Waals surface area contributed by atoms with E-state index < -0.39 is 0 Å². The molecule has 100 valence electrons. The van der Waals surface area contributed by atoms with Crippen molar-refractivity contribution >= 4 is 11.6 Å². The largest absolute Gasteiger partial charge is 0.493 e. The average Bonchev–Trinajstić information content (AvgIpc) is 3.18. The summed E-state index contributed by atoms with van der Waals surface area (Å²) >= 11 is 6.23. The summed E-state index contributed by atoms with van der Waals surface area (Å²) in [6, 6.07) is 4.30. The maximum absolute atomic E-state index is 6.23. The summed E-state index contributed by atoms with van der Waals surface area (Å²) < 4.78 is 10.6. The highest BCUT2D eigenvalue weighted by molar-refractivity contribution is 6.32. The van der Waals surface area contributed by atoms with Gasteiger partial charge < -0.3 is 14.8 Å².